The molecule has 0 aromatic heterocycles. The fourth-order valence-corrected chi connectivity index (χ4v) is 2.23. The maximum atomic E-state index is 11.7. The Bertz CT molecular complexity index is 506. The maximum Gasteiger partial charge on any atom is 0.242 e. The molecule has 0 spiro atoms. The van der Waals surface area contributed by atoms with Crippen molar-refractivity contribution in [2.45, 2.75) is 51.9 Å². The van der Waals surface area contributed by atoms with Crippen LogP contribution in [0.3, 0.4) is 0 Å². The number of nitrogens with one attached hydrogen (secondary N) is 3. The highest BCUT2D eigenvalue weighted by Gasteiger charge is 2.06. The molecule has 0 heterocycles. The fraction of sp³-hybridized carbons (Fsp3) is 0.471. The summed E-state index contributed by atoms with van der Waals surface area (Å²) in [5.41, 5.74) is 5.93. The van der Waals surface area contributed by atoms with E-state index in [0.29, 0.717) is 6.42 Å². The highest BCUT2D eigenvalue weighted by atomic mass is 32.1. The zero-order chi connectivity index (χ0) is 16.9. The number of hydrogen-bond donors (Lipinski definition) is 3. The number of rotatable bonds is 8. The van der Waals surface area contributed by atoms with Crippen LogP contribution in [0.2, 0.25) is 0 Å². The van der Waals surface area contributed by atoms with Crippen molar-refractivity contribution in [1.82, 2.24) is 16.2 Å². The average Bonchev–Trinajstić information content (AvgIpc) is 2.54. The van der Waals surface area contributed by atoms with E-state index in [1.54, 1.807) is 0 Å². The van der Waals surface area contributed by atoms with E-state index in [1.807, 2.05) is 30.3 Å². The molecular formula is C17H25N3O2S. The second-order valence-electron chi connectivity index (χ2n) is 5.38. The van der Waals surface area contributed by atoms with Crippen molar-refractivity contribution in [3.63, 3.8) is 0 Å². The molecule has 0 fully saturated rings. The van der Waals surface area contributed by atoms with Crippen LogP contribution in [0.15, 0.2) is 30.3 Å². The molecule has 0 aliphatic rings. The molecule has 126 valence electrons. The zero-order valence-electron chi connectivity index (χ0n) is 13.6. The van der Waals surface area contributed by atoms with Gasteiger partial charge in [0.2, 0.25) is 11.8 Å². The molecular weight excluding hydrogens is 310 g/mol. The molecule has 0 radical (unpaired) electrons. The summed E-state index contributed by atoms with van der Waals surface area (Å²) in [6.45, 7) is 2.16. The number of hydrazine groups is 1. The second kappa shape index (κ2) is 11.6. The van der Waals surface area contributed by atoms with Gasteiger partial charge in [-0.15, -0.1) is 0 Å². The lowest BCUT2D eigenvalue weighted by Crippen LogP contribution is -2.48. The highest BCUT2D eigenvalue weighted by molar-refractivity contribution is 7.80. The van der Waals surface area contributed by atoms with Gasteiger partial charge in [-0.3, -0.25) is 20.4 Å². The van der Waals surface area contributed by atoms with Crippen LogP contribution in [-0.4, -0.2) is 16.9 Å². The molecule has 0 atom stereocenters. The van der Waals surface area contributed by atoms with Gasteiger partial charge in [-0.2, -0.15) is 0 Å². The van der Waals surface area contributed by atoms with E-state index in [4.69, 9.17) is 12.2 Å². The maximum absolute atomic E-state index is 11.7. The smallest absolute Gasteiger partial charge is 0.242 e. The van der Waals surface area contributed by atoms with Gasteiger partial charge in [0, 0.05) is 6.42 Å². The summed E-state index contributed by atoms with van der Waals surface area (Å²) in [5.74, 6) is -0.344. The molecule has 0 aliphatic carbocycles. The van der Waals surface area contributed by atoms with Crippen molar-refractivity contribution in [1.29, 1.82) is 0 Å². The molecule has 5 nitrogen and oxygen atoms in total. The Kier molecular flexibility index (Phi) is 9.63. The Morgan fingerprint density at radius 3 is 2.35 bits per heavy atom. The molecule has 0 saturated heterocycles. The first-order valence-corrected chi connectivity index (χ1v) is 8.45. The highest BCUT2D eigenvalue weighted by Crippen LogP contribution is 2.04. The van der Waals surface area contributed by atoms with Gasteiger partial charge in [-0.25, -0.2) is 0 Å². The fourth-order valence-electron chi connectivity index (χ4n) is 2.06. The van der Waals surface area contributed by atoms with Crippen LogP contribution in [0.1, 0.15) is 51.0 Å². The largest absolute Gasteiger partial charge is 0.302 e. The molecule has 3 N–H and O–H groups in total. The summed E-state index contributed by atoms with van der Waals surface area (Å²) in [4.78, 5) is 23.4. The number of carbonyl (C=O) groups excluding carboxylic acids is 2. The van der Waals surface area contributed by atoms with E-state index in [9.17, 15) is 9.59 Å². The molecule has 1 aromatic carbocycles. The van der Waals surface area contributed by atoms with Gasteiger partial charge in [-0.05, 0) is 24.2 Å². The van der Waals surface area contributed by atoms with E-state index >= 15 is 0 Å². The van der Waals surface area contributed by atoms with Gasteiger partial charge < -0.3 is 5.32 Å². The van der Waals surface area contributed by atoms with Gasteiger partial charge in [0.15, 0.2) is 5.11 Å². The molecule has 0 saturated carbocycles. The van der Waals surface area contributed by atoms with E-state index in [1.165, 1.54) is 12.8 Å². The van der Waals surface area contributed by atoms with Crippen LogP contribution in [0, 0.1) is 0 Å². The third kappa shape index (κ3) is 9.63. The first-order chi connectivity index (χ1) is 11.1. The van der Waals surface area contributed by atoms with Crippen molar-refractivity contribution >= 4 is 29.1 Å². The quantitative estimate of drug-likeness (QED) is 0.388. The Labute approximate surface area is 143 Å². The van der Waals surface area contributed by atoms with Crippen molar-refractivity contribution in [3.8, 4) is 0 Å². The minimum Gasteiger partial charge on any atom is -0.302 e. The van der Waals surface area contributed by atoms with Gasteiger partial charge in [0.05, 0.1) is 6.42 Å². The summed E-state index contributed by atoms with van der Waals surface area (Å²) < 4.78 is 0. The number of carbonyl (C=O) groups is 2. The summed E-state index contributed by atoms with van der Waals surface area (Å²) in [6, 6.07) is 9.39. The van der Waals surface area contributed by atoms with Crippen molar-refractivity contribution < 1.29 is 9.59 Å². The normalized spacial score (nSPS) is 9.96. The minimum atomic E-state index is -0.215. The summed E-state index contributed by atoms with van der Waals surface area (Å²) in [7, 11) is 0. The zero-order valence-corrected chi connectivity index (χ0v) is 14.4. The van der Waals surface area contributed by atoms with Gasteiger partial charge >= 0.3 is 0 Å². The molecule has 1 rings (SSSR count). The second-order valence-corrected chi connectivity index (χ2v) is 5.79. The number of unbranched alkanes of at least 4 members (excludes halogenated alkanes) is 4. The SMILES string of the molecule is CCCCCCCC(=O)NC(=S)NNC(=O)Cc1ccccc1. The molecule has 6 heteroatoms. The van der Waals surface area contributed by atoms with Crippen LogP contribution in [0.25, 0.3) is 0 Å². The monoisotopic (exact) mass is 335 g/mol. The first-order valence-electron chi connectivity index (χ1n) is 8.04. The molecule has 1 aromatic rings. The lowest BCUT2D eigenvalue weighted by atomic mass is 10.1. The lowest BCUT2D eigenvalue weighted by Gasteiger charge is -2.10. The van der Waals surface area contributed by atoms with E-state index in [2.05, 4.69) is 23.1 Å². The Hall–Kier alpha value is -1.95. The van der Waals surface area contributed by atoms with Crippen LogP contribution >= 0.6 is 12.2 Å². The van der Waals surface area contributed by atoms with Crippen LogP contribution in [0.4, 0.5) is 0 Å². The van der Waals surface area contributed by atoms with E-state index in [0.717, 1.165) is 24.8 Å². The van der Waals surface area contributed by atoms with Crippen LogP contribution in [0.5, 0.6) is 0 Å². The minimum absolute atomic E-state index is 0.116. The molecule has 0 unspecified atom stereocenters. The predicted molar refractivity (Wildman–Crippen MR) is 95.5 cm³/mol. The van der Waals surface area contributed by atoms with Crippen molar-refractivity contribution in [2.24, 2.45) is 0 Å². The molecule has 23 heavy (non-hydrogen) atoms. The third-order valence-electron chi connectivity index (χ3n) is 3.28. The van der Waals surface area contributed by atoms with Crippen LogP contribution < -0.4 is 16.2 Å². The number of thiocarbonyl (C=S) groups is 1. The Balaban J connectivity index is 2.13. The summed E-state index contributed by atoms with van der Waals surface area (Å²) >= 11 is 4.98. The van der Waals surface area contributed by atoms with Crippen molar-refractivity contribution in [2.75, 3.05) is 0 Å². The lowest BCUT2D eigenvalue weighted by molar-refractivity contribution is -0.122. The average molecular weight is 335 g/mol. The van der Waals surface area contributed by atoms with Crippen LogP contribution in [-0.2, 0) is 16.0 Å². The first kappa shape index (κ1) is 19.1. The number of amides is 2. The van der Waals surface area contributed by atoms with Gasteiger partial charge in [0.1, 0.15) is 0 Å². The van der Waals surface area contributed by atoms with Gasteiger partial charge in [0.25, 0.3) is 0 Å². The van der Waals surface area contributed by atoms with Crippen molar-refractivity contribution in [3.05, 3.63) is 35.9 Å². The summed E-state index contributed by atoms with van der Waals surface area (Å²) in [6.07, 6.45) is 6.15. The predicted octanol–water partition coefficient (Wildman–Crippen LogP) is 2.61. The van der Waals surface area contributed by atoms with Gasteiger partial charge in [-0.1, -0.05) is 62.9 Å². The topological polar surface area (TPSA) is 70.2 Å². The molecule has 0 bridgehead atoms. The standard InChI is InChI=1S/C17H25N3O2S/c1-2-3-4-5-9-12-15(21)18-17(23)20-19-16(22)13-14-10-7-6-8-11-14/h6-8,10-11H,2-5,9,12-13H2,1H3,(H,19,22)(H2,18,20,21,23). The molecule has 0 aliphatic heterocycles. The number of benzene rings is 1. The summed E-state index contributed by atoms with van der Waals surface area (Å²) in [5, 5.41) is 2.67. The Morgan fingerprint density at radius 2 is 1.65 bits per heavy atom. The van der Waals surface area contributed by atoms with E-state index in [-0.39, 0.29) is 23.3 Å². The molecule has 2 amide bonds. The number of hydrogen-bond acceptors (Lipinski definition) is 3. The van der Waals surface area contributed by atoms with E-state index < -0.39 is 0 Å². The Morgan fingerprint density at radius 1 is 0.957 bits per heavy atom. The third-order valence-corrected chi connectivity index (χ3v) is 3.49.